The van der Waals surface area contributed by atoms with Crippen molar-refractivity contribution in [1.82, 2.24) is 9.80 Å². The van der Waals surface area contributed by atoms with Crippen LogP contribution in [-0.2, 0) is 4.79 Å². The molecule has 6 heteroatoms. The molecule has 0 aromatic rings. The number of carbonyl (C=O) groups excluding carboxylic acids is 1. The summed E-state index contributed by atoms with van der Waals surface area (Å²) < 4.78 is 0. The molecule has 0 bridgehead atoms. The van der Waals surface area contributed by atoms with Crippen molar-refractivity contribution in [2.75, 3.05) is 32.7 Å². The highest BCUT2D eigenvalue weighted by Crippen LogP contribution is 2.39. The van der Waals surface area contributed by atoms with E-state index in [2.05, 4.69) is 9.80 Å². The molecule has 136 valence electrons. The van der Waals surface area contributed by atoms with Gasteiger partial charge >= 0.3 is 0 Å². The zero-order valence-electron chi connectivity index (χ0n) is 14.2. The molecule has 1 amide bonds. The Hall–Kier alpha value is -0.0300. The first kappa shape index (κ1) is 21.0. The van der Waals surface area contributed by atoms with E-state index in [1.54, 1.807) is 0 Å². The van der Waals surface area contributed by atoms with Crippen molar-refractivity contribution >= 4 is 30.7 Å². The highest BCUT2D eigenvalue weighted by molar-refractivity contribution is 5.85. The van der Waals surface area contributed by atoms with Crippen LogP contribution in [0.4, 0.5) is 0 Å². The SMILES string of the molecule is Cl.Cl.NCC1(C(=O)N2CCC(N3CCCCC3)CC2)CCCC1. The maximum atomic E-state index is 12.9. The van der Waals surface area contributed by atoms with E-state index in [-0.39, 0.29) is 30.2 Å². The van der Waals surface area contributed by atoms with Gasteiger partial charge in [0.2, 0.25) is 5.91 Å². The molecule has 23 heavy (non-hydrogen) atoms. The largest absolute Gasteiger partial charge is 0.342 e. The maximum absolute atomic E-state index is 12.9. The predicted octanol–water partition coefficient (Wildman–Crippen LogP) is 2.83. The van der Waals surface area contributed by atoms with E-state index in [1.807, 2.05) is 0 Å². The van der Waals surface area contributed by atoms with E-state index in [9.17, 15) is 4.79 Å². The summed E-state index contributed by atoms with van der Waals surface area (Å²) in [6.45, 7) is 4.97. The van der Waals surface area contributed by atoms with Gasteiger partial charge in [0.25, 0.3) is 0 Å². The van der Waals surface area contributed by atoms with Crippen LogP contribution in [0.5, 0.6) is 0 Å². The second kappa shape index (κ2) is 9.45. The minimum Gasteiger partial charge on any atom is -0.342 e. The van der Waals surface area contributed by atoms with Gasteiger partial charge in [-0.1, -0.05) is 19.3 Å². The molecule has 1 aliphatic carbocycles. The molecule has 3 fully saturated rings. The molecule has 2 heterocycles. The lowest BCUT2D eigenvalue weighted by Crippen LogP contribution is -2.52. The molecule has 2 N–H and O–H groups in total. The fourth-order valence-corrected chi connectivity index (χ4v) is 4.61. The van der Waals surface area contributed by atoms with E-state index in [4.69, 9.17) is 5.73 Å². The first-order chi connectivity index (χ1) is 10.2. The van der Waals surface area contributed by atoms with Gasteiger partial charge in [0.1, 0.15) is 0 Å². The van der Waals surface area contributed by atoms with E-state index in [0.29, 0.717) is 18.5 Å². The zero-order chi connectivity index (χ0) is 14.7. The van der Waals surface area contributed by atoms with Crippen molar-refractivity contribution in [2.24, 2.45) is 11.1 Å². The molecule has 0 radical (unpaired) electrons. The van der Waals surface area contributed by atoms with E-state index < -0.39 is 0 Å². The summed E-state index contributed by atoms with van der Waals surface area (Å²) in [4.78, 5) is 17.7. The molecule has 0 aromatic heterocycles. The van der Waals surface area contributed by atoms with Gasteiger partial charge in [0, 0.05) is 25.7 Å². The molecule has 2 saturated heterocycles. The summed E-state index contributed by atoms with van der Waals surface area (Å²) >= 11 is 0. The van der Waals surface area contributed by atoms with Gasteiger partial charge in [-0.3, -0.25) is 4.79 Å². The molecule has 0 atom stereocenters. The third kappa shape index (κ3) is 4.53. The van der Waals surface area contributed by atoms with E-state index in [1.165, 1.54) is 45.2 Å². The van der Waals surface area contributed by atoms with Crippen molar-refractivity contribution in [3.63, 3.8) is 0 Å². The van der Waals surface area contributed by atoms with Gasteiger partial charge in [-0.2, -0.15) is 0 Å². The summed E-state index contributed by atoms with van der Waals surface area (Å²) in [5.41, 5.74) is 5.75. The summed E-state index contributed by atoms with van der Waals surface area (Å²) in [7, 11) is 0. The smallest absolute Gasteiger partial charge is 0.230 e. The standard InChI is InChI=1S/C17H31N3O.2ClH/c18-14-17(8-2-3-9-17)16(21)20-12-6-15(7-13-20)19-10-4-1-5-11-19;;/h15H,1-14,18H2;2*1H. The van der Waals surface area contributed by atoms with Crippen LogP contribution in [-0.4, -0.2) is 54.5 Å². The molecule has 2 aliphatic heterocycles. The number of rotatable bonds is 3. The number of hydrogen-bond acceptors (Lipinski definition) is 3. The fraction of sp³-hybridized carbons (Fsp3) is 0.941. The van der Waals surface area contributed by atoms with Crippen molar-refractivity contribution in [1.29, 1.82) is 0 Å². The second-order valence-electron chi connectivity index (χ2n) is 7.31. The van der Waals surface area contributed by atoms with Crippen LogP contribution in [0.15, 0.2) is 0 Å². The number of nitrogens with zero attached hydrogens (tertiary/aromatic N) is 2. The van der Waals surface area contributed by atoms with Crippen LogP contribution >= 0.6 is 24.8 Å². The number of piperidine rings is 2. The first-order valence-electron chi connectivity index (χ1n) is 8.99. The average molecular weight is 366 g/mol. The van der Waals surface area contributed by atoms with Crippen LogP contribution < -0.4 is 5.73 Å². The summed E-state index contributed by atoms with van der Waals surface area (Å²) in [5.74, 6) is 0.361. The Balaban J connectivity index is 0.00000132. The van der Waals surface area contributed by atoms with E-state index >= 15 is 0 Å². The van der Waals surface area contributed by atoms with Gasteiger partial charge in [-0.15, -0.1) is 24.8 Å². The highest BCUT2D eigenvalue weighted by Gasteiger charge is 2.43. The van der Waals surface area contributed by atoms with Crippen molar-refractivity contribution in [2.45, 2.75) is 63.8 Å². The van der Waals surface area contributed by atoms with Crippen LogP contribution in [0.25, 0.3) is 0 Å². The molecular weight excluding hydrogens is 333 g/mol. The second-order valence-corrected chi connectivity index (χ2v) is 7.31. The van der Waals surface area contributed by atoms with Crippen LogP contribution in [0.2, 0.25) is 0 Å². The molecule has 1 saturated carbocycles. The maximum Gasteiger partial charge on any atom is 0.230 e. The zero-order valence-corrected chi connectivity index (χ0v) is 15.8. The monoisotopic (exact) mass is 365 g/mol. The molecule has 3 aliphatic rings. The first-order valence-corrected chi connectivity index (χ1v) is 8.99. The van der Waals surface area contributed by atoms with Crippen LogP contribution in [0.3, 0.4) is 0 Å². The number of carbonyl (C=O) groups is 1. The van der Waals surface area contributed by atoms with Gasteiger partial charge in [0.05, 0.1) is 5.41 Å². The third-order valence-corrected chi connectivity index (χ3v) is 6.06. The number of nitrogens with two attached hydrogens (primary N) is 1. The molecule has 3 rings (SSSR count). The topological polar surface area (TPSA) is 49.6 Å². The fourth-order valence-electron chi connectivity index (χ4n) is 4.61. The summed E-state index contributed by atoms with van der Waals surface area (Å²) in [5, 5.41) is 0. The Morgan fingerprint density at radius 2 is 1.48 bits per heavy atom. The molecule has 4 nitrogen and oxygen atoms in total. The van der Waals surface area contributed by atoms with Crippen LogP contribution in [0, 0.1) is 5.41 Å². The average Bonchev–Trinajstić information content (AvgIpc) is 3.05. The van der Waals surface area contributed by atoms with Crippen LogP contribution in [0.1, 0.15) is 57.8 Å². The molecule has 0 spiro atoms. The lowest BCUT2D eigenvalue weighted by molar-refractivity contribution is -0.143. The minimum atomic E-state index is -0.210. The van der Waals surface area contributed by atoms with E-state index in [0.717, 1.165) is 38.8 Å². The Morgan fingerprint density at radius 3 is 2.00 bits per heavy atom. The lowest BCUT2D eigenvalue weighted by atomic mass is 9.84. The number of hydrogen-bond donors (Lipinski definition) is 1. The molecule has 0 aromatic carbocycles. The Kier molecular flexibility index (Phi) is 8.64. The normalized spacial score (nSPS) is 25.5. The number of likely N-dealkylation sites (tertiary alicyclic amines) is 2. The number of amides is 1. The van der Waals surface area contributed by atoms with Crippen molar-refractivity contribution in [3.05, 3.63) is 0 Å². The van der Waals surface area contributed by atoms with Gasteiger partial charge < -0.3 is 15.5 Å². The van der Waals surface area contributed by atoms with Crippen molar-refractivity contribution < 1.29 is 4.79 Å². The minimum absolute atomic E-state index is 0. The van der Waals surface area contributed by atoms with Gasteiger partial charge in [-0.05, 0) is 51.6 Å². The van der Waals surface area contributed by atoms with Crippen molar-refractivity contribution in [3.8, 4) is 0 Å². The quantitative estimate of drug-likeness (QED) is 0.836. The Morgan fingerprint density at radius 1 is 0.913 bits per heavy atom. The molecule has 0 unspecified atom stereocenters. The summed E-state index contributed by atoms with van der Waals surface area (Å²) in [6.07, 6.45) is 10.8. The third-order valence-electron chi connectivity index (χ3n) is 6.06. The predicted molar refractivity (Wildman–Crippen MR) is 99.5 cm³/mol. The number of halogens is 2. The Bertz CT molecular complexity index is 361. The van der Waals surface area contributed by atoms with Gasteiger partial charge in [0.15, 0.2) is 0 Å². The lowest BCUT2D eigenvalue weighted by Gasteiger charge is -2.42. The highest BCUT2D eigenvalue weighted by atomic mass is 35.5. The van der Waals surface area contributed by atoms with Gasteiger partial charge in [-0.25, -0.2) is 0 Å². The Labute approximate surface area is 153 Å². The summed E-state index contributed by atoms with van der Waals surface area (Å²) in [6, 6.07) is 0.715. The molecular formula is C17H33Cl2N3O.